The van der Waals surface area contributed by atoms with Gasteiger partial charge in [0.05, 0.1) is 18.2 Å². The zero-order chi connectivity index (χ0) is 15.8. The molecule has 2 aliphatic rings. The molecule has 4 heteroatoms. The summed E-state index contributed by atoms with van der Waals surface area (Å²) >= 11 is -0.908. The summed E-state index contributed by atoms with van der Waals surface area (Å²) in [5, 5.41) is 0. The van der Waals surface area contributed by atoms with E-state index in [4.69, 9.17) is 4.74 Å². The molecule has 0 bridgehead atoms. The monoisotopic (exact) mass is 321 g/mol. The van der Waals surface area contributed by atoms with Gasteiger partial charge in [-0.05, 0) is 52.0 Å². The van der Waals surface area contributed by atoms with E-state index in [1.807, 2.05) is 18.2 Å². The summed E-state index contributed by atoms with van der Waals surface area (Å²) in [7, 11) is 0. The summed E-state index contributed by atoms with van der Waals surface area (Å²) in [6.07, 6.45) is 4.70. The highest BCUT2D eigenvalue weighted by Gasteiger charge is 2.57. The van der Waals surface area contributed by atoms with Gasteiger partial charge >= 0.3 is 0 Å². The van der Waals surface area contributed by atoms with Crippen molar-refractivity contribution in [2.75, 3.05) is 6.54 Å². The lowest BCUT2D eigenvalue weighted by molar-refractivity contribution is -0.0789. The maximum Gasteiger partial charge on any atom is 0.137 e. The van der Waals surface area contributed by atoms with Gasteiger partial charge < -0.3 is 9.29 Å². The maximum absolute atomic E-state index is 12.8. The molecule has 1 spiro atoms. The molecular formula is C18H27NO2S. The van der Waals surface area contributed by atoms with E-state index >= 15 is 0 Å². The Hall–Kier alpha value is -0.550. The van der Waals surface area contributed by atoms with Crippen molar-refractivity contribution in [1.82, 2.24) is 4.31 Å². The Bertz CT molecular complexity index is 494. The fourth-order valence-electron chi connectivity index (χ4n) is 3.60. The molecule has 1 unspecified atom stereocenters. The molecule has 122 valence electrons. The molecule has 1 heterocycles. The van der Waals surface area contributed by atoms with E-state index in [0.29, 0.717) is 12.7 Å². The quantitative estimate of drug-likeness (QED) is 0.794. The van der Waals surface area contributed by atoms with Gasteiger partial charge in [0, 0.05) is 17.9 Å². The molecule has 0 amide bonds. The predicted molar refractivity (Wildman–Crippen MR) is 90.8 cm³/mol. The van der Waals surface area contributed by atoms with Gasteiger partial charge in [0.2, 0.25) is 0 Å². The summed E-state index contributed by atoms with van der Waals surface area (Å²) in [6, 6.07) is 10.3. The van der Waals surface area contributed by atoms with Gasteiger partial charge in [-0.2, -0.15) is 0 Å². The third-order valence-corrected chi connectivity index (χ3v) is 6.82. The number of hydrogen-bond donors (Lipinski definition) is 0. The fraction of sp³-hybridized carbons (Fsp3) is 0.667. The van der Waals surface area contributed by atoms with Gasteiger partial charge in [0.15, 0.2) is 0 Å². The molecule has 3 nitrogen and oxygen atoms in total. The van der Waals surface area contributed by atoms with Crippen molar-refractivity contribution < 1.29 is 9.29 Å². The Morgan fingerprint density at radius 2 is 1.95 bits per heavy atom. The number of rotatable bonds is 4. The zero-order valence-corrected chi connectivity index (χ0v) is 14.7. The molecule has 3 rings (SSSR count). The number of hydrogen-bond acceptors (Lipinski definition) is 3. The van der Waals surface area contributed by atoms with Crippen LogP contribution in [0.25, 0.3) is 0 Å². The summed E-state index contributed by atoms with van der Waals surface area (Å²) in [5.74, 6) is 0. The first kappa shape index (κ1) is 16.3. The Labute approximate surface area is 137 Å². The van der Waals surface area contributed by atoms with Crippen molar-refractivity contribution >= 4 is 11.4 Å². The molecule has 1 saturated carbocycles. The number of benzene rings is 1. The second kappa shape index (κ2) is 6.16. The minimum absolute atomic E-state index is 0.138. The summed E-state index contributed by atoms with van der Waals surface area (Å²) in [5.41, 5.74) is 1.37. The van der Waals surface area contributed by atoms with E-state index in [2.05, 4.69) is 37.2 Å². The maximum atomic E-state index is 12.8. The van der Waals surface area contributed by atoms with Crippen molar-refractivity contribution in [2.45, 2.75) is 69.5 Å². The van der Waals surface area contributed by atoms with Crippen LogP contribution in [0.4, 0.5) is 0 Å². The number of ether oxygens (including phenoxy) is 1. The van der Waals surface area contributed by atoms with Gasteiger partial charge in [-0.15, -0.1) is 4.31 Å². The lowest BCUT2D eigenvalue weighted by Crippen LogP contribution is -2.60. The van der Waals surface area contributed by atoms with Crippen LogP contribution in [-0.2, 0) is 22.7 Å². The van der Waals surface area contributed by atoms with E-state index in [-0.39, 0.29) is 10.3 Å². The van der Waals surface area contributed by atoms with Crippen LogP contribution >= 0.6 is 0 Å². The lowest BCUT2D eigenvalue weighted by atomic mass is 9.73. The van der Waals surface area contributed by atoms with E-state index in [0.717, 1.165) is 25.8 Å². The van der Waals surface area contributed by atoms with Crippen molar-refractivity contribution in [2.24, 2.45) is 0 Å². The molecule has 2 fully saturated rings. The van der Waals surface area contributed by atoms with E-state index < -0.39 is 11.4 Å². The van der Waals surface area contributed by atoms with Crippen LogP contribution in [-0.4, -0.2) is 31.8 Å². The first-order valence-electron chi connectivity index (χ1n) is 8.26. The van der Waals surface area contributed by atoms with Crippen LogP contribution in [0.5, 0.6) is 0 Å². The lowest BCUT2D eigenvalue weighted by Gasteiger charge is -2.50. The average Bonchev–Trinajstić information content (AvgIpc) is 2.87. The van der Waals surface area contributed by atoms with Crippen molar-refractivity contribution in [1.29, 1.82) is 0 Å². The number of nitrogens with zero attached hydrogens (tertiary/aromatic N) is 1. The van der Waals surface area contributed by atoms with Crippen LogP contribution in [0.15, 0.2) is 30.3 Å². The Kier molecular flexibility index (Phi) is 4.56. The molecular weight excluding hydrogens is 294 g/mol. The van der Waals surface area contributed by atoms with Gasteiger partial charge in [0.1, 0.15) is 4.75 Å². The van der Waals surface area contributed by atoms with E-state index in [9.17, 15) is 4.55 Å². The minimum atomic E-state index is -0.908. The molecule has 22 heavy (non-hydrogen) atoms. The van der Waals surface area contributed by atoms with Crippen LogP contribution in [0, 0.1) is 0 Å². The Morgan fingerprint density at radius 3 is 2.59 bits per heavy atom. The first-order chi connectivity index (χ1) is 10.4. The highest BCUT2D eigenvalue weighted by molar-refractivity contribution is 7.90. The average molecular weight is 321 g/mol. The van der Waals surface area contributed by atoms with E-state index in [1.165, 1.54) is 12.0 Å². The normalized spacial score (nSPS) is 30.5. The summed E-state index contributed by atoms with van der Waals surface area (Å²) < 4.78 is 20.9. The minimum Gasteiger partial charge on any atom is -0.597 e. The zero-order valence-electron chi connectivity index (χ0n) is 13.9. The molecule has 1 aromatic rings. The van der Waals surface area contributed by atoms with Crippen LogP contribution in [0.2, 0.25) is 0 Å². The molecule has 0 N–H and O–H groups in total. The van der Waals surface area contributed by atoms with Gasteiger partial charge in [-0.1, -0.05) is 30.3 Å². The first-order valence-corrected chi connectivity index (χ1v) is 9.37. The largest absolute Gasteiger partial charge is 0.597 e. The third kappa shape index (κ3) is 3.21. The summed E-state index contributed by atoms with van der Waals surface area (Å²) in [6.45, 7) is 7.85. The predicted octanol–water partition coefficient (Wildman–Crippen LogP) is 3.66. The molecule has 1 saturated heterocycles. The Morgan fingerprint density at radius 1 is 1.27 bits per heavy atom. The SMILES string of the molecule is CC(C)(C)[S+]([O-])N1CCCC12CC(OCc1ccccc1)C2. The molecule has 1 atom stereocenters. The smallest absolute Gasteiger partial charge is 0.137 e. The molecule has 1 aliphatic heterocycles. The van der Waals surface area contributed by atoms with Gasteiger partial charge in [0.25, 0.3) is 0 Å². The molecule has 1 aromatic carbocycles. The molecule has 0 radical (unpaired) electrons. The second-order valence-electron chi connectivity index (χ2n) is 7.62. The third-order valence-electron chi connectivity index (χ3n) is 4.80. The summed E-state index contributed by atoms with van der Waals surface area (Å²) in [4.78, 5) is 0. The highest BCUT2D eigenvalue weighted by atomic mass is 32.2. The molecule has 0 aromatic heterocycles. The fourth-order valence-corrected chi connectivity index (χ4v) is 5.15. The van der Waals surface area contributed by atoms with Crippen molar-refractivity contribution in [3.8, 4) is 0 Å². The van der Waals surface area contributed by atoms with Crippen LogP contribution in [0.3, 0.4) is 0 Å². The topological polar surface area (TPSA) is 35.5 Å². The van der Waals surface area contributed by atoms with Crippen LogP contribution in [0.1, 0.15) is 52.0 Å². The molecule has 1 aliphatic carbocycles. The van der Waals surface area contributed by atoms with E-state index in [1.54, 1.807) is 0 Å². The standard InChI is InChI=1S/C18H27NO2S/c1-17(2,3)22(20)19-11-7-10-18(19)12-16(13-18)21-14-15-8-5-4-6-9-15/h4-6,8-9,16H,7,10-14H2,1-3H3. The van der Waals surface area contributed by atoms with Gasteiger partial charge in [-0.25, -0.2) is 0 Å². The van der Waals surface area contributed by atoms with Crippen molar-refractivity contribution in [3.05, 3.63) is 35.9 Å². The van der Waals surface area contributed by atoms with Crippen molar-refractivity contribution in [3.63, 3.8) is 0 Å². The highest BCUT2D eigenvalue weighted by Crippen LogP contribution is 2.49. The Balaban J connectivity index is 1.54. The van der Waals surface area contributed by atoms with Gasteiger partial charge in [-0.3, -0.25) is 0 Å². The van der Waals surface area contributed by atoms with Crippen LogP contribution < -0.4 is 0 Å². The second-order valence-corrected chi connectivity index (χ2v) is 9.78.